The Bertz CT molecular complexity index is 554. The van der Waals surface area contributed by atoms with E-state index in [-0.39, 0.29) is 5.25 Å². The van der Waals surface area contributed by atoms with Gasteiger partial charge in [0.05, 0.1) is 5.25 Å². The molecule has 144 valence electrons. The van der Waals surface area contributed by atoms with Gasteiger partial charge < -0.3 is 5.32 Å². The zero-order valence-corrected chi connectivity index (χ0v) is 17.0. The van der Waals surface area contributed by atoms with Crippen molar-refractivity contribution >= 4 is 15.7 Å². The van der Waals surface area contributed by atoms with E-state index < -0.39 is 10.0 Å². The molecule has 1 aromatic carbocycles. The molecular formula is C20H36N2O2S. The van der Waals surface area contributed by atoms with Crippen molar-refractivity contribution in [3.63, 3.8) is 0 Å². The van der Waals surface area contributed by atoms with Gasteiger partial charge in [-0.15, -0.1) is 0 Å². The topological polar surface area (TPSA) is 58.2 Å². The first-order valence-electron chi connectivity index (χ1n) is 9.77. The highest BCUT2D eigenvalue weighted by Crippen LogP contribution is 2.12. The van der Waals surface area contributed by atoms with Gasteiger partial charge in [-0.3, -0.25) is 0 Å². The quantitative estimate of drug-likeness (QED) is 0.467. The summed E-state index contributed by atoms with van der Waals surface area (Å²) in [7, 11) is -3.10. The molecule has 0 amide bonds. The molecule has 25 heavy (non-hydrogen) atoms. The number of benzene rings is 1. The summed E-state index contributed by atoms with van der Waals surface area (Å²) in [4.78, 5) is 0. The maximum absolute atomic E-state index is 11.6. The summed E-state index contributed by atoms with van der Waals surface area (Å²) in [6.07, 6.45) is 9.14. The number of nitrogens with one attached hydrogen (secondary N) is 2. The molecule has 2 N–H and O–H groups in total. The van der Waals surface area contributed by atoms with Gasteiger partial charge >= 0.3 is 0 Å². The standard InChI is InChI=1S/C20H36N2O2S/c1-4-5-11-19-12-14-20(15-13-19)21-16-9-7-6-8-10-17-22-25(23,24)18(2)3/h12-15,18,21-22H,4-11,16-17H2,1-3H3. The lowest BCUT2D eigenvalue weighted by atomic mass is 10.1. The summed E-state index contributed by atoms with van der Waals surface area (Å²) in [6, 6.07) is 8.78. The Morgan fingerprint density at radius 3 is 2.08 bits per heavy atom. The fraction of sp³-hybridized carbons (Fsp3) is 0.700. The normalized spacial score (nSPS) is 11.8. The largest absolute Gasteiger partial charge is 0.385 e. The average molecular weight is 369 g/mol. The van der Waals surface area contributed by atoms with Gasteiger partial charge in [-0.2, -0.15) is 0 Å². The predicted octanol–water partition coefficient (Wildman–Crippen LogP) is 4.72. The highest BCUT2D eigenvalue weighted by atomic mass is 32.2. The number of hydrogen-bond donors (Lipinski definition) is 2. The molecule has 4 nitrogen and oxygen atoms in total. The summed E-state index contributed by atoms with van der Waals surface area (Å²) in [5.74, 6) is 0. The number of sulfonamides is 1. The van der Waals surface area contributed by atoms with Crippen molar-refractivity contribution in [2.45, 2.75) is 77.4 Å². The monoisotopic (exact) mass is 368 g/mol. The van der Waals surface area contributed by atoms with Crippen LogP contribution in [0.5, 0.6) is 0 Å². The van der Waals surface area contributed by atoms with Gasteiger partial charge in [0.1, 0.15) is 0 Å². The van der Waals surface area contributed by atoms with Crippen LogP contribution in [-0.2, 0) is 16.4 Å². The van der Waals surface area contributed by atoms with E-state index in [1.807, 2.05) is 0 Å². The van der Waals surface area contributed by atoms with Crippen LogP contribution in [0, 0.1) is 0 Å². The summed E-state index contributed by atoms with van der Waals surface area (Å²) in [5.41, 5.74) is 2.61. The highest BCUT2D eigenvalue weighted by molar-refractivity contribution is 7.90. The van der Waals surface area contributed by atoms with Gasteiger partial charge in [0.2, 0.25) is 10.0 Å². The van der Waals surface area contributed by atoms with Crippen LogP contribution in [0.15, 0.2) is 24.3 Å². The van der Waals surface area contributed by atoms with E-state index in [2.05, 4.69) is 41.2 Å². The number of hydrogen-bond acceptors (Lipinski definition) is 3. The zero-order chi connectivity index (χ0) is 18.5. The summed E-state index contributed by atoms with van der Waals surface area (Å²) in [6.45, 7) is 7.18. The van der Waals surface area contributed by atoms with Gasteiger partial charge in [0, 0.05) is 18.8 Å². The van der Waals surface area contributed by atoms with E-state index in [0.717, 1.165) is 32.2 Å². The minimum Gasteiger partial charge on any atom is -0.385 e. The number of aryl methyl sites for hydroxylation is 1. The van der Waals surface area contributed by atoms with Crippen molar-refractivity contribution in [1.29, 1.82) is 0 Å². The molecule has 5 heteroatoms. The van der Waals surface area contributed by atoms with E-state index >= 15 is 0 Å². The van der Waals surface area contributed by atoms with Crippen LogP contribution in [0.4, 0.5) is 5.69 Å². The van der Waals surface area contributed by atoms with Crippen LogP contribution in [0.3, 0.4) is 0 Å². The molecule has 1 rings (SSSR count). The highest BCUT2D eigenvalue weighted by Gasteiger charge is 2.13. The van der Waals surface area contributed by atoms with Gasteiger partial charge in [0.25, 0.3) is 0 Å². The Labute approximate surface area is 154 Å². The molecule has 0 radical (unpaired) electrons. The molecule has 1 aromatic rings. The fourth-order valence-corrected chi connectivity index (χ4v) is 3.33. The summed E-state index contributed by atoms with van der Waals surface area (Å²) in [5, 5.41) is 3.12. The van der Waals surface area contributed by atoms with Crippen LogP contribution in [-0.4, -0.2) is 26.8 Å². The molecule has 0 fully saturated rings. The lowest BCUT2D eigenvalue weighted by molar-refractivity contribution is 0.562. The smallest absolute Gasteiger partial charge is 0.213 e. The van der Waals surface area contributed by atoms with Gasteiger partial charge in [-0.05, 0) is 57.2 Å². The molecular weight excluding hydrogens is 332 g/mol. The molecule has 0 aliphatic heterocycles. The van der Waals surface area contributed by atoms with Crippen LogP contribution in [0.2, 0.25) is 0 Å². The van der Waals surface area contributed by atoms with Gasteiger partial charge in [0.15, 0.2) is 0 Å². The van der Waals surface area contributed by atoms with E-state index in [0.29, 0.717) is 6.54 Å². The van der Waals surface area contributed by atoms with Gasteiger partial charge in [-0.25, -0.2) is 13.1 Å². The second-order valence-electron chi connectivity index (χ2n) is 6.98. The summed E-state index contributed by atoms with van der Waals surface area (Å²) >= 11 is 0. The lowest BCUT2D eigenvalue weighted by Gasteiger charge is -2.09. The first-order valence-corrected chi connectivity index (χ1v) is 11.3. The third-order valence-corrected chi connectivity index (χ3v) is 6.23. The lowest BCUT2D eigenvalue weighted by Crippen LogP contribution is -2.31. The van der Waals surface area contributed by atoms with Crippen LogP contribution in [0.25, 0.3) is 0 Å². The first kappa shape index (κ1) is 22.0. The Morgan fingerprint density at radius 2 is 1.48 bits per heavy atom. The van der Waals surface area contributed by atoms with Crippen molar-refractivity contribution in [2.75, 3.05) is 18.4 Å². The molecule has 0 saturated heterocycles. The second-order valence-corrected chi connectivity index (χ2v) is 9.30. The maximum Gasteiger partial charge on any atom is 0.213 e. The Balaban J connectivity index is 2.01. The maximum atomic E-state index is 11.6. The van der Waals surface area contributed by atoms with Gasteiger partial charge in [-0.1, -0.05) is 44.7 Å². The molecule has 0 spiro atoms. The van der Waals surface area contributed by atoms with E-state index in [1.165, 1.54) is 36.9 Å². The zero-order valence-electron chi connectivity index (χ0n) is 16.2. The van der Waals surface area contributed by atoms with Crippen molar-refractivity contribution in [3.8, 4) is 0 Å². The summed E-state index contributed by atoms with van der Waals surface area (Å²) < 4.78 is 25.8. The molecule has 0 unspecified atom stereocenters. The fourth-order valence-electron chi connectivity index (χ4n) is 2.56. The number of rotatable bonds is 14. The predicted molar refractivity (Wildman–Crippen MR) is 109 cm³/mol. The SMILES string of the molecule is CCCCc1ccc(NCCCCCCCNS(=O)(=O)C(C)C)cc1. The van der Waals surface area contributed by atoms with E-state index in [9.17, 15) is 8.42 Å². The molecule has 0 aliphatic carbocycles. The van der Waals surface area contributed by atoms with Crippen LogP contribution >= 0.6 is 0 Å². The van der Waals surface area contributed by atoms with Crippen molar-refractivity contribution in [1.82, 2.24) is 4.72 Å². The molecule has 0 atom stereocenters. The minimum atomic E-state index is -3.10. The van der Waals surface area contributed by atoms with Crippen LogP contribution in [0.1, 0.15) is 71.3 Å². The minimum absolute atomic E-state index is 0.348. The molecule has 0 aromatic heterocycles. The number of unbranched alkanes of at least 4 members (excludes halogenated alkanes) is 5. The van der Waals surface area contributed by atoms with E-state index in [1.54, 1.807) is 13.8 Å². The van der Waals surface area contributed by atoms with Crippen molar-refractivity contribution < 1.29 is 8.42 Å². The Hall–Kier alpha value is -1.07. The second kappa shape index (κ2) is 12.3. The molecule has 0 bridgehead atoms. The number of anilines is 1. The Morgan fingerprint density at radius 1 is 0.880 bits per heavy atom. The average Bonchev–Trinajstić information content (AvgIpc) is 2.59. The third kappa shape index (κ3) is 9.85. The molecule has 0 aliphatic rings. The van der Waals surface area contributed by atoms with Crippen molar-refractivity contribution in [3.05, 3.63) is 29.8 Å². The molecule has 0 saturated carbocycles. The third-order valence-electron chi connectivity index (χ3n) is 4.38. The first-order chi connectivity index (χ1) is 12.0. The molecule has 0 heterocycles. The van der Waals surface area contributed by atoms with Crippen molar-refractivity contribution in [2.24, 2.45) is 0 Å². The Kier molecular flexibility index (Phi) is 10.8. The van der Waals surface area contributed by atoms with Crippen LogP contribution < -0.4 is 10.0 Å². The van der Waals surface area contributed by atoms with E-state index in [4.69, 9.17) is 0 Å².